The summed E-state index contributed by atoms with van der Waals surface area (Å²) in [6.07, 6.45) is 8.15. The third-order valence-electron chi connectivity index (χ3n) is 8.53. The van der Waals surface area contributed by atoms with Crippen LogP contribution in [0.15, 0.2) is 41.7 Å². The number of carbonyl (C=O) groups excluding carboxylic acids is 1. The van der Waals surface area contributed by atoms with Crippen molar-refractivity contribution in [3.63, 3.8) is 0 Å². The molecular formula is C26H31FN4O2. The lowest BCUT2D eigenvalue weighted by Crippen LogP contribution is -2.44. The van der Waals surface area contributed by atoms with E-state index in [-0.39, 0.29) is 17.1 Å². The first-order chi connectivity index (χ1) is 16.0. The Morgan fingerprint density at radius 3 is 2.97 bits per heavy atom. The number of halogens is 1. The predicted octanol–water partition coefficient (Wildman–Crippen LogP) is 5.34. The van der Waals surface area contributed by atoms with Crippen molar-refractivity contribution in [2.24, 2.45) is 28.3 Å². The van der Waals surface area contributed by atoms with E-state index >= 15 is 0 Å². The fourth-order valence-corrected chi connectivity index (χ4v) is 7.17. The Kier molecular flexibility index (Phi) is 5.89. The van der Waals surface area contributed by atoms with Gasteiger partial charge < -0.3 is 10.5 Å². The number of amides is 1. The maximum Gasteiger partial charge on any atom is 0.225 e. The zero-order valence-electron chi connectivity index (χ0n) is 19.0. The van der Waals surface area contributed by atoms with E-state index in [4.69, 9.17) is 0 Å². The minimum Gasteiger partial charge on any atom is -0.411 e. The molecule has 1 aromatic carbocycles. The number of oxime groups is 1. The number of benzene rings is 1. The van der Waals surface area contributed by atoms with Crippen LogP contribution in [-0.4, -0.2) is 27.0 Å². The highest BCUT2D eigenvalue weighted by Gasteiger charge is 2.57. The summed E-state index contributed by atoms with van der Waals surface area (Å²) in [5.74, 6) is 1.91. The number of fused-ring (bicyclic) bond motifs is 5. The number of hydrogen-bond acceptors (Lipinski definition) is 5. The van der Waals surface area contributed by atoms with Crippen LogP contribution < -0.4 is 5.32 Å². The molecule has 174 valence electrons. The molecule has 1 amide bonds. The van der Waals surface area contributed by atoms with Crippen molar-refractivity contribution in [2.75, 3.05) is 5.32 Å². The van der Waals surface area contributed by atoms with Gasteiger partial charge in [-0.2, -0.15) is 5.10 Å². The normalized spacial score (nSPS) is 31.5. The Balaban J connectivity index is 1.31. The van der Waals surface area contributed by atoms with Crippen molar-refractivity contribution >= 4 is 17.4 Å². The lowest BCUT2D eigenvalue weighted by molar-refractivity contribution is -0.116. The highest BCUT2D eigenvalue weighted by molar-refractivity contribution is 5.92. The monoisotopic (exact) mass is 450 g/mol. The molecule has 6 nitrogen and oxygen atoms in total. The molecule has 7 heteroatoms. The van der Waals surface area contributed by atoms with Gasteiger partial charge in [-0.3, -0.25) is 4.79 Å². The van der Waals surface area contributed by atoms with E-state index in [1.165, 1.54) is 5.56 Å². The summed E-state index contributed by atoms with van der Waals surface area (Å²) >= 11 is 0. The molecular weight excluding hydrogens is 419 g/mol. The van der Waals surface area contributed by atoms with Crippen LogP contribution in [0.3, 0.4) is 0 Å². The van der Waals surface area contributed by atoms with Gasteiger partial charge in [-0.15, -0.1) is 5.10 Å². The Morgan fingerprint density at radius 2 is 2.18 bits per heavy atom. The smallest absolute Gasteiger partial charge is 0.225 e. The molecule has 0 bridgehead atoms. The lowest BCUT2D eigenvalue weighted by atomic mass is 9.54. The SMILES string of the molecule is C[C@]12CCC3c4cccc(F)c4CCC3C1[C@H](CCCC(=O)Nc1cccnn1)C/C2=N\O. The maximum atomic E-state index is 14.5. The van der Waals surface area contributed by atoms with Crippen LogP contribution in [0.1, 0.15) is 68.9 Å². The molecule has 3 unspecified atom stereocenters. The first-order valence-corrected chi connectivity index (χ1v) is 12.1. The third-order valence-corrected chi connectivity index (χ3v) is 8.53. The van der Waals surface area contributed by atoms with Gasteiger partial charge in [0, 0.05) is 18.0 Å². The second-order valence-electron chi connectivity index (χ2n) is 10.2. The Bertz CT molecular complexity index is 1060. The van der Waals surface area contributed by atoms with Crippen molar-refractivity contribution < 1.29 is 14.4 Å². The minimum absolute atomic E-state index is 0.0594. The zero-order valence-corrected chi connectivity index (χ0v) is 19.0. The second-order valence-corrected chi connectivity index (χ2v) is 10.2. The Morgan fingerprint density at radius 1 is 1.30 bits per heavy atom. The summed E-state index contributed by atoms with van der Waals surface area (Å²) in [6.45, 7) is 2.25. The maximum absolute atomic E-state index is 14.5. The average molecular weight is 451 g/mol. The fourth-order valence-electron chi connectivity index (χ4n) is 7.17. The second kappa shape index (κ2) is 8.84. The predicted molar refractivity (Wildman–Crippen MR) is 124 cm³/mol. The molecule has 1 heterocycles. The van der Waals surface area contributed by atoms with Crippen LogP contribution in [0, 0.1) is 29.0 Å². The molecule has 5 rings (SSSR count). The van der Waals surface area contributed by atoms with Crippen LogP contribution in [0.25, 0.3) is 0 Å². The van der Waals surface area contributed by atoms with Crippen molar-refractivity contribution in [3.8, 4) is 0 Å². The number of nitrogens with one attached hydrogen (secondary N) is 1. The summed E-state index contributed by atoms with van der Waals surface area (Å²) in [5, 5.41) is 24.1. The zero-order chi connectivity index (χ0) is 23.0. The molecule has 2 saturated carbocycles. The first-order valence-electron chi connectivity index (χ1n) is 12.1. The van der Waals surface area contributed by atoms with Crippen molar-refractivity contribution in [3.05, 3.63) is 53.5 Å². The van der Waals surface area contributed by atoms with Gasteiger partial charge in [0.25, 0.3) is 0 Å². The van der Waals surface area contributed by atoms with Gasteiger partial charge >= 0.3 is 0 Å². The number of anilines is 1. The molecule has 33 heavy (non-hydrogen) atoms. The van der Waals surface area contributed by atoms with Gasteiger partial charge in [0.05, 0.1) is 5.71 Å². The summed E-state index contributed by atoms with van der Waals surface area (Å²) in [7, 11) is 0. The number of rotatable bonds is 5. The highest BCUT2D eigenvalue weighted by Crippen LogP contribution is 2.62. The van der Waals surface area contributed by atoms with Crippen LogP contribution in [0.5, 0.6) is 0 Å². The average Bonchev–Trinajstić information content (AvgIpc) is 3.11. The molecule has 0 spiro atoms. The van der Waals surface area contributed by atoms with E-state index in [2.05, 4.69) is 33.7 Å². The van der Waals surface area contributed by atoms with Crippen LogP contribution in [0.2, 0.25) is 0 Å². The molecule has 3 aliphatic rings. The Labute approximate surface area is 193 Å². The number of carbonyl (C=O) groups is 1. The lowest BCUT2D eigenvalue weighted by Gasteiger charge is -2.50. The number of nitrogens with zero attached hydrogens (tertiary/aromatic N) is 3. The molecule has 2 aromatic rings. The molecule has 2 N–H and O–H groups in total. The van der Waals surface area contributed by atoms with Gasteiger partial charge in [0.2, 0.25) is 5.91 Å². The summed E-state index contributed by atoms with van der Waals surface area (Å²) in [4.78, 5) is 12.4. The number of aromatic nitrogens is 2. The van der Waals surface area contributed by atoms with Gasteiger partial charge in [0.1, 0.15) is 5.82 Å². The first kappa shape index (κ1) is 22.0. The van der Waals surface area contributed by atoms with E-state index < -0.39 is 0 Å². The van der Waals surface area contributed by atoms with E-state index in [1.807, 2.05) is 6.07 Å². The molecule has 2 fully saturated rings. The largest absolute Gasteiger partial charge is 0.411 e. The summed E-state index contributed by atoms with van der Waals surface area (Å²) in [6, 6.07) is 8.99. The van der Waals surface area contributed by atoms with E-state index in [0.717, 1.165) is 56.2 Å². The topological polar surface area (TPSA) is 87.5 Å². The molecule has 0 radical (unpaired) electrons. The van der Waals surface area contributed by atoms with Gasteiger partial charge in [0.15, 0.2) is 5.82 Å². The van der Waals surface area contributed by atoms with Crippen LogP contribution in [-0.2, 0) is 11.2 Å². The van der Waals surface area contributed by atoms with E-state index in [0.29, 0.717) is 35.9 Å². The molecule has 3 aliphatic carbocycles. The molecule has 0 saturated heterocycles. The Hall–Kier alpha value is -2.83. The van der Waals surface area contributed by atoms with Crippen LogP contribution in [0.4, 0.5) is 10.2 Å². The third kappa shape index (κ3) is 3.91. The summed E-state index contributed by atoms with van der Waals surface area (Å²) < 4.78 is 14.5. The fraction of sp³-hybridized carbons (Fsp3) is 0.538. The van der Waals surface area contributed by atoms with Crippen molar-refractivity contribution in [1.29, 1.82) is 0 Å². The van der Waals surface area contributed by atoms with Crippen molar-refractivity contribution in [2.45, 2.75) is 64.2 Å². The minimum atomic E-state index is -0.118. The molecule has 1 aromatic heterocycles. The summed E-state index contributed by atoms with van der Waals surface area (Å²) in [5.41, 5.74) is 2.87. The quantitative estimate of drug-likeness (QED) is 0.476. The van der Waals surface area contributed by atoms with Gasteiger partial charge in [-0.05, 0) is 97.9 Å². The molecule has 0 aliphatic heterocycles. The standard InChI is InChI=1S/C26H31FN4O2/c1-26-13-12-18-17-6-3-7-21(27)19(17)10-11-20(18)25(26)16(15-22(26)31-33)5-2-9-24(32)29-23-8-4-14-28-30-23/h3-4,6-8,14,16,18,20,25,33H,2,5,9-13,15H2,1H3,(H,29,30,32)/b31-22+/t16-,18?,20?,25?,26-/m1/s1. The molecule has 5 atom stereocenters. The van der Waals surface area contributed by atoms with E-state index in [1.54, 1.807) is 24.4 Å². The van der Waals surface area contributed by atoms with Crippen molar-refractivity contribution in [1.82, 2.24) is 10.2 Å². The van der Waals surface area contributed by atoms with Crippen LogP contribution >= 0.6 is 0 Å². The van der Waals surface area contributed by atoms with E-state index in [9.17, 15) is 14.4 Å². The van der Waals surface area contributed by atoms with Gasteiger partial charge in [-0.1, -0.05) is 24.2 Å². The van der Waals surface area contributed by atoms with Gasteiger partial charge in [-0.25, -0.2) is 4.39 Å². The number of hydrogen-bond donors (Lipinski definition) is 2. The highest BCUT2D eigenvalue weighted by atomic mass is 19.1.